The van der Waals surface area contributed by atoms with Crippen LogP contribution in [0, 0.1) is 0 Å². The number of ether oxygens (including phenoxy) is 1. The fourth-order valence-corrected chi connectivity index (χ4v) is 1.47. The predicted molar refractivity (Wildman–Crippen MR) is 67.6 cm³/mol. The zero-order valence-electron chi connectivity index (χ0n) is 10.4. The lowest BCUT2D eigenvalue weighted by Crippen LogP contribution is -2.34. The molecule has 1 rings (SSSR count). The van der Waals surface area contributed by atoms with Gasteiger partial charge in [-0.1, -0.05) is 30.3 Å². The number of methoxy groups -OCH3 is 1. The second kappa shape index (κ2) is 7.45. The van der Waals surface area contributed by atoms with Gasteiger partial charge in [0.25, 0.3) is 0 Å². The summed E-state index contributed by atoms with van der Waals surface area (Å²) in [6, 6.07) is 8.46. The van der Waals surface area contributed by atoms with Crippen molar-refractivity contribution in [2.75, 3.05) is 13.7 Å². The van der Waals surface area contributed by atoms with E-state index in [1.807, 2.05) is 18.2 Å². The van der Waals surface area contributed by atoms with E-state index >= 15 is 0 Å². The monoisotopic (exact) mass is 250 g/mol. The van der Waals surface area contributed by atoms with Crippen molar-refractivity contribution in [3.05, 3.63) is 35.9 Å². The molecule has 1 amide bonds. The van der Waals surface area contributed by atoms with E-state index in [1.54, 1.807) is 12.1 Å². The van der Waals surface area contributed by atoms with Gasteiger partial charge in [-0.3, -0.25) is 9.59 Å². The largest absolute Gasteiger partial charge is 0.469 e. The molecule has 1 atom stereocenters. The molecular weight excluding hydrogens is 232 g/mol. The summed E-state index contributed by atoms with van der Waals surface area (Å²) in [5.41, 5.74) is 6.57. The third-order valence-corrected chi connectivity index (χ3v) is 2.53. The van der Waals surface area contributed by atoms with Crippen LogP contribution in [0.4, 0.5) is 0 Å². The van der Waals surface area contributed by atoms with E-state index in [9.17, 15) is 9.59 Å². The minimum absolute atomic E-state index is 0.244. The number of nitrogens with two attached hydrogens (primary N) is 1. The van der Waals surface area contributed by atoms with Gasteiger partial charge >= 0.3 is 5.97 Å². The van der Waals surface area contributed by atoms with Crippen molar-refractivity contribution >= 4 is 11.9 Å². The predicted octanol–water partition coefficient (Wildman–Crippen LogP) is 0.756. The molecule has 3 N–H and O–H groups in total. The van der Waals surface area contributed by atoms with E-state index in [0.29, 0.717) is 13.0 Å². The van der Waals surface area contributed by atoms with Crippen molar-refractivity contribution in [1.82, 2.24) is 5.32 Å². The third kappa shape index (κ3) is 4.55. The zero-order valence-corrected chi connectivity index (χ0v) is 10.4. The van der Waals surface area contributed by atoms with Crippen molar-refractivity contribution in [2.45, 2.75) is 18.9 Å². The van der Waals surface area contributed by atoms with Crippen molar-refractivity contribution in [2.24, 2.45) is 5.73 Å². The molecule has 0 saturated carbocycles. The van der Waals surface area contributed by atoms with E-state index in [2.05, 4.69) is 10.1 Å². The van der Waals surface area contributed by atoms with Crippen molar-refractivity contribution < 1.29 is 14.3 Å². The number of hydrogen-bond donors (Lipinski definition) is 2. The van der Waals surface area contributed by atoms with Gasteiger partial charge in [-0.05, 0) is 12.0 Å². The molecule has 0 aromatic heterocycles. The van der Waals surface area contributed by atoms with E-state index in [4.69, 9.17) is 5.73 Å². The highest BCUT2D eigenvalue weighted by Crippen LogP contribution is 2.09. The van der Waals surface area contributed by atoms with Crippen molar-refractivity contribution in [3.63, 3.8) is 0 Å². The Kier molecular flexibility index (Phi) is 5.87. The summed E-state index contributed by atoms with van der Waals surface area (Å²) in [5.74, 6) is -0.525. The third-order valence-electron chi connectivity index (χ3n) is 2.53. The summed E-state index contributed by atoms with van der Waals surface area (Å²) in [7, 11) is 1.34. The molecule has 98 valence electrons. The van der Waals surface area contributed by atoms with Crippen LogP contribution in [0.3, 0.4) is 0 Å². The maximum absolute atomic E-state index is 11.7. The van der Waals surface area contributed by atoms with Gasteiger partial charge in [0.2, 0.25) is 5.91 Å². The first kappa shape index (κ1) is 14.2. The molecule has 0 radical (unpaired) electrons. The lowest BCUT2D eigenvalue weighted by molar-refractivity contribution is -0.140. The Morgan fingerprint density at radius 1 is 1.33 bits per heavy atom. The summed E-state index contributed by atoms with van der Waals surface area (Å²) in [5, 5.41) is 2.69. The first-order valence-corrected chi connectivity index (χ1v) is 5.80. The second-order valence-electron chi connectivity index (χ2n) is 3.86. The van der Waals surface area contributed by atoms with Crippen LogP contribution in [0.25, 0.3) is 0 Å². The Morgan fingerprint density at radius 3 is 2.61 bits per heavy atom. The average molecular weight is 250 g/mol. The second-order valence-corrected chi connectivity index (χ2v) is 3.86. The van der Waals surface area contributed by atoms with Crippen molar-refractivity contribution in [3.8, 4) is 0 Å². The van der Waals surface area contributed by atoms with Gasteiger partial charge in [-0.15, -0.1) is 0 Å². The average Bonchev–Trinajstić information content (AvgIpc) is 2.43. The maximum Gasteiger partial charge on any atom is 0.305 e. The molecular formula is C13H18N2O3. The van der Waals surface area contributed by atoms with Gasteiger partial charge in [0.1, 0.15) is 6.04 Å². The molecule has 0 bridgehead atoms. The van der Waals surface area contributed by atoms with Gasteiger partial charge in [0.15, 0.2) is 0 Å². The summed E-state index contributed by atoms with van der Waals surface area (Å²) in [6.45, 7) is 0.411. The summed E-state index contributed by atoms with van der Waals surface area (Å²) >= 11 is 0. The van der Waals surface area contributed by atoms with Crippen molar-refractivity contribution in [1.29, 1.82) is 0 Å². The number of amides is 1. The maximum atomic E-state index is 11.7. The molecule has 0 unspecified atom stereocenters. The number of esters is 1. The van der Waals surface area contributed by atoms with Gasteiger partial charge in [0.05, 0.1) is 7.11 Å². The van der Waals surface area contributed by atoms with Gasteiger partial charge in [-0.25, -0.2) is 0 Å². The first-order chi connectivity index (χ1) is 8.65. The summed E-state index contributed by atoms with van der Waals surface area (Å²) in [6.07, 6.45) is 0.831. The Labute approximate surface area is 106 Å². The van der Waals surface area contributed by atoms with E-state index in [1.165, 1.54) is 7.11 Å². The molecule has 0 fully saturated rings. The smallest absolute Gasteiger partial charge is 0.305 e. The molecule has 5 heteroatoms. The van der Waals surface area contributed by atoms with Gasteiger partial charge < -0.3 is 15.8 Å². The molecule has 0 aliphatic heterocycles. The van der Waals surface area contributed by atoms with Crippen LogP contribution in [0.15, 0.2) is 30.3 Å². The molecule has 0 aliphatic carbocycles. The zero-order chi connectivity index (χ0) is 13.4. The molecule has 18 heavy (non-hydrogen) atoms. The number of carbonyl (C=O) groups excluding carboxylic acids is 2. The molecule has 1 aromatic rings. The molecule has 5 nitrogen and oxygen atoms in total. The Bertz CT molecular complexity index is 392. The SMILES string of the molecule is COC(=O)CCCNC(=O)[C@H](N)c1ccccc1. The van der Waals surface area contributed by atoms with Crippen LogP contribution in [0.2, 0.25) is 0 Å². The standard InChI is InChI=1S/C13H18N2O3/c1-18-11(16)8-5-9-15-13(17)12(14)10-6-3-2-4-7-10/h2-4,6-7,12H,5,8-9,14H2,1H3,(H,15,17)/t12-/m1/s1. The van der Waals surface area contributed by atoms with Crippen LogP contribution < -0.4 is 11.1 Å². The van der Waals surface area contributed by atoms with Gasteiger partial charge in [0, 0.05) is 13.0 Å². The number of hydrogen-bond acceptors (Lipinski definition) is 4. The number of nitrogens with one attached hydrogen (secondary N) is 1. The molecule has 0 aliphatic rings. The van der Waals surface area contributed by atoms with Gasteiger partial charge in [-0.2, -0.15) is 0 Å². The quantitative estimate of drug-likeness (QED) is 0.577. The van der Waals surface area contributed by atoms with E-state index in [-0.39, 0.29) is 18.3 Å². The molecule has 0 spiro atoms. The minimum atomic E-state index is -0.677. The first-order valence-electron chi connectivity index (χ1n) is 5.80. The Hall–Kier alpha value is -1.88. The normalized spacial score (nSPS) is 11.7. The van der Waals surface area contributed by atoms with E-state index in [0.717, 1.165) is 5.56 Å². The highest BCUT2D eigenvalue weighted by atomic mass is 16.5. The fourth-order valence-electron chi connectivity index (χ4n) is 1.47. The summed E-state index contributed by atoms with van der Waals surface area (Å²) in [4.78, 5) is 22.6. The summed E-state index contributed by atoms with van der Waals surface area (Å²) < 4.78 is 4.50. The Balaban J connectivity index is 2.31. The minimum Gasteiger partial charge on any atom is -0.469 e. The number of rotatable bonds is 6. The Morgan fingerprint density at radius 2 is 2.00 bits per heavy atom. The van der Waals surface area contributed by atoms with Crippen LogP contribution in [0.5, 0.6) is 0 Å². The van der Waals surface area contributed by atoms with Crippen LogP contribution >= 0.6 is 0 Å². The topological polar surface area (TPSA) is 81.4 Å². The number of benzene rings is 1. The van der Waals surface area contributed by atoms with Crippen LogP contribution in [0.1, 0.15) is 24.4 Å². The lowest BCUT2D eigenvalue weighted by Gasteiger charge is -2.12. The van der Waals surface area contributed by atoms with E-state index < -0.39 is 6.04 Å². The number of carbonyl (C=O) groups is 2. The molecule has 0 heterocycles. The fraction of sp³-hybridized carbons (Fsp3) is 0.385. The highest BCUT2D eigenvalue weighted by molar-refractivity contribution is 5.82. The van der Waals surface area contributed by atoms with Crippen LogP contribution in [-0.4, -0.2) is 25.5 Å². The molecule has 0 saturated heterocycles. The molecule has 1 aromatic carbocycles. The highest BCUT2D eigenvalue weighted by Gasteiger charge is 2.14. The van der Waals surface area contributed by atoms with Crippen LogP contribution in [-0.2, 0) is 14.3 Å². The lowest BCUT2D eigenvalue weighted by atomic mass is 10.1.